The highest BCUT2D eigenvalue weighted by atomic mass is 35.5. The Kier molecular flexibility index (Phi) is 5.79. The van der Waals surface area contributed by atoms with Crippen LogP contribution in [-0.2, 0) is 10.0 Å². The maximum absolute atomic E-state index is 12.8. The largest absolute Gasteiger partial charge is 0.478 e. The van der Waals surface area contributed by atoms with Gasteiger partial charge in [0.1, 0.15) is 10.6 Å². The van der Waals surface area contributed by atoms with Gasteiger partial charge < -0.3 is 9.84 Å². The summed E-state index contributed by atoms with van der Waals surface area (Å²) >= 11 is 12.0. The van der Waals surface area contributed by atoms with Gasteiger partial charge in [0.05, 0.1) is 16.3 Å². The summed E-state index contributed by atoms with van der Waals surface area (Å²) in [6, 6.07) is 16.2. The maximum Gasteiger partial charge on any atom is 0.337 e. The Morgan fingerprint density at radius 2 is 1.61 bits per heavy atom. The molecule has 0 radical (unpaired) electrons. The summed E-state index contributed by atoms with van der Waals surface area (Å²) in [6.07, 6.45) is 0. The number of halogens is 2. The van der Waals surface area contributed by atoms with E-state index in [0.717, 1.165) is 0 Å². The fourth-order valence-electron chi connectivity index (χ4n) is 2.39. The fourth-order valence-corrected chi connectivity index (χ4v) is 4.11. The average Bonchev–Trinajstić information content (AvgIpc) is 2.65. The molecule has 3 rings (SSSR count). The van der Waals surface area contributed by atoms with Crippen LogP contribution >= 0.6 is 23.2 Å². The Bertz CT molecular complexity index is 1150. The van der Waals surface area contributed by atoms with E-state index < -0.39 is 16.0 Å². The van der Waals surface area contributed by atoms with E-state index >= 15 is 0 Å². The second-order valence-electron chi connectivity index (χ2n) is 5.58. The van der Waals surface area contributed by atoms with Crippen LogP contribution in [0.5, 0.6) is 11.5 Å². The summed E-state index contributed by atoms with van der Waals surface area (Å²) in [5.41, 5.74) is -0.220. The summed E-state index contributed by atoms with van der Waals surface area (Å²) in [6.45, 7) is 0. The standard InChI is InChI=1S/C19H13Cl2NO5S/c20-12-9-10-16(14(21)11-12)27-17-7-3-2-6-15(17)22-28(25,26)18-8-4-1-5-13(18)19(23)24/h1-11,22H,(H,23,24). The number of para-hydroxylation sites is 2. The molecule has 3 aromatic carbocycles. The first-order chi connectivity index (χ1) is 13.3. The third kappa shape index (κ3) is 4.39. The Morgan fingerprint density at radius 3 is 2.32 bits per heavy atom. The molecule has 0 atom stereocenters. The number of aromatic carboxylic acids is 1. The second kappa shape index (κ2) is 8.10. The summed E-state index contributed by atoms with van der Waals surface area (Å²) in [7, 11) is -4.19. The molecular weight excluding hydrogens is 425 g/mol. The molecule has 0 unspecified atom stereocenters. The lowest BCUT2D eigenvalue weighted by molar-refractivity contribution is 0.0692. The molecule has 2 N–H and O–H groups in total. The molecule has 0 aliphatic rings. The van der Waals surface area contributed by atoms with E-state index in [9.17, 15) is 18.3 Å². The summed E-state index contributed by atoms with van der Waals surface area (Å²) in [5, 5.41) is 9.93. The van der Waals surface area contributed by atoms with Crippen molar-refractivity contribution in [1.29, 1.82) is 0 Å². The van der Waals surface area contributed by atoms with Gasteiger partial charge in [-0.05, 0) is 42.5 Å². The molecule has 144 valence electrons. The van der Waals surface area contributed by atoms with E-state index in [0.29, 0.717) is 5.02 Å². The van der Waals surface area contributed by atoms with E-state index in [1.165, 1.54) is 36.4 Å². The third-order valence-electron chi connectivity index (χ3n) is 3.65. The van der Waals surface area contributed by atoms with Crippen molar-refractivity contribution in [3.05, 3.63) is 82.3 Å². The molecule has 3 aromatic rings. The van der Waals surface area contributed by atoms with Crippen LogP contribution in [-0.4, -0.2) is 19.5 Å². The minimum Gasteiger partial charge on any atom is -0.478 e. The van der Waals surface area contributed by atoms with Crippen molar-refractivity contribution < 1.29 is 23.1 Å². The number of benzene rings is 3. The van der Waals surface area contributed by atoms with Crippen LogP contribution in [0, 0.1) is 0 Å². The molecule has 0 saturated heterocycles. The van der Waals surface area contributed by atoms with Crippen LogP contribution in [0.4, 0.5) is 5.69 Å². The number of carboxylic acid groups (broad SMARTS) is 1. The highest BCUT2D eigenvalue weighted by Gasteiger charge is 2.23. The van der Waals surface area contributed by atoms with Crippen molar-refractivity contribution in [1.82, 2.24) is 0 Å². The monoisotopic (exact) mass is 437 g/mol. The lowest BCUT2D eigenvalue weighted by Crippen LogP contribution is -2.17. The van der Waals surface area contributed by atoms with E-state index in [2.05, 4.69) is 4.72 Å². The molecular formula is C19H13Cl2NO5S. The molecule has 0 aromatic heterocycles. The summed E-state index contributed by atoms with van der Waals surface area (Å²) < 4.78 is 33.6. The van der Waals surface area contributed by atoms with Gasteiger partial charge in [0.25, 0.3) is 10.0 Å². The number of nitrogens with one attached hydrogen (secondary N) is 1. The maximum atomic E-state index is 12.8. The normalized spacial score (nSPS) is 11.1. The summed E-state index contributed by atoms with van der Waals surface area (Å²) in [4.78, 5) is 11.0. The lowest BCUT2D eigenvalue weighted by atomic mass is 10.2. The van der Waals surface area contributed by atoms with Crippen LogP contribution in [0.2, 0.25) is 10.0 Å². The van der Waals surface area contributed by atoms with E-state index in [1.807, 2.05) is 0 Å². The molecule has 0 saturated carbocycles. The van der Waals surface area contributed by atoms with Gasteiger partial charge in [-0.15, -0.1) is 0 Å². The van der Waals surface area contributed by atoms with Gasteiger partial charge in [-0.3, -0.25) is 4.72 Å². The van der Waals surface area contributed by atoms with Gasteiger partial charge >= 0.3 is 5.97 Å². The minimum atomic E-state index is -4.19. The van der Waals surface area contributed by atoms with Gasteiger partial charge in [-0.1, -0.05) is 47.5 Å². The number of rotatable bonds is 6. The number of ether oxygens (including phenoxy) is 1. The molecule has 6 nitrogen and oxygen atoms in total. The van der Waals surface area contributed by atoms with Gasteiger partial charge in [0.15, 0.2) is 5.75 Å². The number of anilines is 1. The SMILES string of the molecule is O=C(O)c1ccccc1S(=O)(=O)Nc1ccccc1Oc1ccc(Cl)cc1Cl. The smallest absolute Gasteiger partial charge is 0.337 e. The Morgan fingerprint density at radius 1 is 0.929 bits per heavy atom. The van der Waals surface area contributed by atoms with Crippen LogP contribution in [0.25, 0.3) is 0 Å². The fraction of sp³-hybridized carbons (Fsp3) is 0. The zero-order valence-electron chi connectivity index (χ0n) is 14.1. The topological polar surface area (TPSA) is 92.7 Å². The van der Waals surface area contributed by atoms with Crippen LogP contribution in [0.3, 0.4) is 0 Å². The van der Waals surface area contributed by atoms with E-state index in [-0.39, 0.29) is 32.7 Å². The van der Waals surface area contributed by atoms with Gasteiger partial charge in [0, 0.05) is 5.02 Å². The highest BCUT2D eigenvalue weighted by Crippen LogP contribution is 2.36. The number of sulfonamides is 1. The van der Waals surface area contributed by atoms with Gasteiger partial charge in [-0.2, -0.15) is 0 Å². The van der Waals surface area contributed by atoms with Crippen molar-refractivity contribution in [2.45, 2.75) is 4.90 Å². The van der Waals surface area contributed by atoms with Crippen molar-refractivity contribution >= 4 is 44.9 Å². The Balaban J connectivity index is 1.97. The molecule has 9 heteroatoms. The Hall–Kier alpha value is -2.74. The van der Waals surface area contributed by atoms with E-state index in [1.54, 1.807) is 30.3 Å². The first-order valence-electron chi connectivity index (χ1n) is 7.85. The molecule has 0 heterocycles. The third-order valence-corrected chi connectivity index (χ3v) is 5.61. The number of carbonyl (C=O) groups is 1. The summed E-state index contributed by atoms with van der Waals surface area (Å²) in [5.74, 6) is -0.884. The number of hydrogen-bond donors (Lipinski definition) is 2. The predicted octanol–water partition coefficient (Wildman–Crippen LogP) is 5.28. The van der Waals surface area contributed by atoms with E-state index in [4.69, 9.17) is 27.9 Å². The highest BCUT2D eigenvalue weighted by molar-refractivity contribution is 7.92. The van der Waals surface area contributed by atoms with Crippen LogP contribution in [0.15, 0.2) is 71.6 Å². The molecule has 0 fully saturated rings. The van der Waals surface area contributed by atoms with Crippen molar-refractivity contribution in [3.63, 3.8) is 0 Å². The molecule has 0 spiro atoms. The molecule has 0 amide bonds. The van der Waals surface area contributed by atoms with Crippen LogP contribution < -0.4 is 9.46 Å². The zero-order valence-corrected chi connectivity index (χ0v) is 16.4. The zero-order chi connectivity index (χ0) is 20.3. The average molecular weight is 438 g/mol. The lowest BCUT2D eigenvalue weighted by Gasteiger charge is -2.15. The van der Waals surface area contributed by atoms with Crippen molar-refractivity contribution in [2.75, 3.05) is 4.72 Å². The predicted molar refractivity (Wildman–Crippen MR) is 107 cm³/mol. The molecule has 0 bridgehead atoms. The van der Waals surface area contributed by atoms with Crippen molar-refractivity contribution in [2.24, 2.45) is 0 Å². The van der Waals surface area contributed by atoms with Gasteiger partial charge in [0.2, 0.25) is 0 Å². The minimum absolute atomic E-state index is 0.119. The number of hydrogen-bond acceptors (Lipinski definition) is 4. The van der Waals surface area contributed by atoms with Gasteiger partial charge in [-0.25, -0.2) is 13.2 Å². The Labute approximate surface area is 171 Å². The molecule has 0 aliphatic heterocycles. The van der Waals surface area contributed by atoms with Crippen LogP contribution in [0.1, 0.15) is 10.4 Å². The first kappa shape index (κ1) is 20.0. The first-order valence-corrected chi connectivity index (χ1v) is 10.1. The molecule has 0 aliphatic carbocycles. The second-order valence-corrected chi connectivity index (χ2v) is 8.07. The number of carboxylic acids is 1. The molecule has 28 heavy (non-hydrogen) atoms. The quantitative estimate of drug-likeness (QED) is 0.546. The van der Waals surface area contributed by atoms with Crippen molar-refractivity contribution in [3.8, 4) is 11.5 Å².